The summed E-state index contributed by atoms with van der Waals surface area (Å²) < 4.78 is 39.4. The van der Waals surface area contributed by atoms with Gasteiger partial charge in [0.15, 0.2) is 11.5 Å². The molecule has 0 saturated carbocycles. The third kappa shape index (κ3) is 1.99. The second-order valence-corrected chi connectivity index (χ2v) is 3.01. The lowest BCUT2D eigenvalue weighted by molar-refractivity contribution is 0.174. The molecule has 0 saturated heterocycles. The molecule has 0 aromatic heterocycles. The summed E-state index contributed by atoms with van der Waals surface area (Å²) in [4.78, 5) is 0. The van der Waals surface area contributed by atoms with E-state index in [1.54, 1.807) is 0 Å². The quantitative estimate of drug-likeness (QED) is 0.794. The van der Waals surface area contributed by atoms with Gasteiger partial charge in [0, 0.05) is 5.48 Å². The van der Waals surface area contributed by atoms with Crippen LogP contribution < -0.4 is 14.8 Å². The summed E-state index contributed by atoms with van der Waals surface area (Å²) in [5.74, 6) is 1.42. The maximum absolute atomic E-state index is 7.41. The van der Waals surface area contributed by atoms with Gasteiger partial charge in [0.05, 0.1) is 0 Å². The average Bonchev–Trinajstić information content (AvgIpc) is 2.75. The number of hydrogen-bond donors (Lipinski definition) is 1. The van der Waals surface area contributed by atoms with E-state index >= 15 is 0 Å². The molecule has 1 aromatic carbocycles. The van der Waals surface area contributed by atoms with E-state index in [9.17, 15) is 0 Å². The first-order valence-corrected chi connectivity index (χ1v) is 4.47. The Hall–Kier alpha value is -1.22. The zero-order valence-electron chi connectivity index (χ0n) is 11.7. The summed E-state index contributed by atoms with van der Waals surface area (Å²) >= 11 is 0. The summed E-state index contributed by atoms with van der Waals surface area (Å²) in [6, 6.07) is 5.58. The number of hydrogen-bond acceptors (Lipinski definition) is 3. The highest BCUT2D eigenvalue weighted by atomic mass is 16.7. The van der Waals surface area contributed by atoms with E-state index < -0.39 is 13.4 Å². The molecule has 0 atom stereocenters. The lowest BCUT2D eigenvalue weighted by Gasteiger charge is -2.03. The predicted octanol–water partition coefficient (Wildman–Crippen LogP) is 1.57. The maximum atomic E-state index is 7.41. The molecule has 3 nitrogen and oxygen atoms in total. The van der Waals surface area contributed by atoms with Crippen molar-refractivity contribution in [3.63, 3.8) is 0 Å². The van der Waals surface area contributed by atoms with Crippen molar-refractivity contribution in [1.29, 1.82) is 0 Å². The van der Waals surface area contributed by atoms with Crippen molar-refractivity contribution >= 4 is 0 Å². The molecule has 0 spiro atoms. The molecule has 1 aromatic rings. The van der Waals surface area contributed by atoms with Crippen LogP contribution >= 0.6 is 0 Å². The highest BCUT2D eigenvalue weighted by molar-refractivity contribution is 5.44. The summed E-state index contributed by atoms with van der Waals surface area (Å²) in [6.07, 6.45) is 0.600. The molecule has 1 heterocycles. The minimum atomic E-state index is -1.99. The maximum Gasteiger partial charge on any atom is 0.231 e. The molecule has 2 rings (SSSR count). The molecule has 76 valence electrons. The first-order valence-electron chi connectivity index (χ1n) is 6.62. The van der Waals surface area contributed by atoms with Gasteiger partial charge in [0.1, 0.15) is 0 Å². The van der Waals surface area contributed by atoms with Crippen LogP contribution in [0.3, 0.4) is 0 Å². The Balaban J connectivity index is 1.87. The zero-order valence-corrected chi connectivity index (χ0v) is 7.75. The van der Waals surface area contributed by atoms with Gasteiger partial charge in [0.2, 0.25) is 6.79 Å². The van der Waals surface area contributed by atoms with E-state index in [1.807, 2.05) is 18.2 Å². The minimum absolute atomic E-state index is 0.235. The standard InChI is InChI=1S/C11H15NO2/c1-2-12-6-5-9-3-4-10-11(7-9)14-8-13-10/h3-4,7,12H,2,5-6,8H2,1H3/i1D2,2D2. The Kier molecular flexibility index (Phi) is 1.74. The van der Waals surface area contributed by atoms with Gasteiger partial charge in [0.25, 0.3) is 0 Å². The van der Waals surface area contributed by atoms with E-state index in [0.29, 0.717) is 18.7 Å². The second kappa shape index (κ2) is 4.33. The number of benzene rings is 1. The van der Waals surface area contributed by atoms with Gasteiger partial charge in [-0.25, -0.2) is 0 Å². The van der Waals surface area contributed by atoms with Crippen LogP contribution in [0, 0.1) is 0 Å². The van der Waals surface area contributed by atoms with Crippen molar-refractivity contribution in [2.45, 2.75) is 13.3 Å². The van der Waals surface area contributed by atoms with Crippen molar-refractivity contribution in [3.05, 3.63) is 23.8 Å². The van der Waals surface area contributed by atoms with Crippen molar-refractivity contribution in [3.8, 4) is 11.5 Å². The van der Waals surface area contributed by atoms with Gasteiger partial charge in [-0.15, -0.1) is 0 Å². The third-order valence-electron chi connectivity index (χ3n) is 2.08. The van der Waals surface area contributed by atoms with Gasteiger partial charge < -0.3 is 14.8 Å². The summed E-state index contributed by atoms with van der Waals surface area (Å²) in [5, 5.41) is 2.56. The highest BCUT2D eigenvalue weighted by Crippen LogP contribution is 2.32. The Morgan fingerprint density at radius 3 is 3.36 bits per heavy atom. The average molecular weight is 197 g/mol. The number of likely N-dealkylation sites (N-methyl/N-ethyl adjacent to an activating group) is 1. The molecule has 0 amide bonds. The van der Waals surface area contributed by atoms with E-state index in [2.05, 4.69) is 5.32 Å². The molecule has 1 aliphatic heterocycles. The van der Waals surface area contributed by atoms with Gasteiger partial charge in [-0.2, -0.15) is 0 Å². The number of nitrogens with one attached hydrogen (secondary N) is 1. The lowest BCUT2D eigenvalue weighted by atomic mass is 10.1. The van der Waals surface area contributed by atoms with Gasteiger partial charge in [-0.3, -0.25) is 0 Å². The molecule has 0 aliphatic carbocycles. The predicted molar refractivity (Wildman–Crippen MR) is 54.8 cm³/mol. The first kappa shape index (κ1) is 5.61. The second-order valence-electron chi connectivity index (χ2n) is 3.01. The fourth-order valence-electron chi connectivity index (χ4n) is 1.38. The van der Waals surface area contributed by atoms with E-state index in [0.717, 1.165) is 11.3 Å². The smallest absolute Gasteiger partial charge is 0.231 e. The van der Waals surface area contributed by atoms with Crippen LogP contribution in [-0.2, 0) is 6.42 Å². The van der Waals surface area contributed by atoms with E-state index in [1.165, 1.54) is 0 Å². The third-order valence-corrected chi connectivity index (χ3v) is 2.08. The Bertz CT molecular complexity index is 426. The SMILES string of the molecule is [2H]C([2H])C([2H])([2H])NCCc1ccc2c(c1)OCO2. The molecule has 14 heavy (non-hydrogen) atoms. The Morgan fingerprint density at radius 1 is 1.50 bits per heavy atom. The summed E-state index contributed by atoms with van der Waals surface area (Å²) in [7, 11) is 0. The molecular weight excluding hydrogens is 178 g/mol. The molecule has 0 unspecified atom stereocenters. The molecule has 1 N–H and O–H groups in total. The first-order chi connectivity index (χ1) is 8.49. The Labute approximate surface area is 89.6 Å². The number of rotatable bonds is 4. The van der Waals surface area contributed by atoms with Gasteiger partial charge >= 0.3 is 0 Å². The van der Waals surface area contributed by atoms with Crippen molar-refractivity contribution in [1.82, 2.24) is 5.32 Å². The minimum Gasteiger partial charge on any atom is -0.454 e. The summed E-state index contributed by atoms with van der Waals surface area (Å²) in [6.45, 7) is -2.94. The Morgan fingerprint density at radius 2 is 2.43 bits per heavy atom. The lowest BCUT2D eigenvalue weighted by Crippen LogP contribution is -2.15. The largest absolute Gasteiger partial charge is 0.454 e. The molecule has 1 aliphatic rings. The van der Waals surface area contributed by atoms with E-state index in [4.69, 9.17) is 15.0 Å². The molecule has 3 heteroatoms. The number of ether oxygens (including phenoxy) is 2. The fraction of sp³-hybridized carbons (Fsp3) is 0.455. The normalized spacial score (nSPS) is 18.6. The molecule has 0 fully saturated rings. The fourth-order valence-corrected chi connectivity index (χ4v) is 1.38. The van der Waals surface area contributed by atoms with Gasteiger partial charge in [-0.1, -0.05) is 12.9 Å². The highest BCUT2D eigenvalue weighted by Gasteiger charge is 2.12. The van der Waals surface area contributed by atoms with Crippen molar-refractivity contribution < 1.29 is 15.0 Å². The van der Waals surface area contributed by atoms with Crippen LogP contribution in [0.5, 0.6) is 11.5 Å². The molecule has 0 bridgehead atoms. The van der Waals surface area contributed by atoms with Crippen LogP contribution in [0.25, 0.3) is 0 Å². The van der Waals surface area contributed by atoms with E-state index in [-0.39, 0.29) is 6.79 Å². The van der Waals surface area contributed by atoms with Gasteiger partial charge in [-0.05, 0) is 37.2 Å². The number of fused-ring (bicyclic) bond motifs is 1. The zero-order chi connectivity index (χ0) is 13.2. The van der Waals surface area contributed by atoms with Crippen LogP contribution in [-0.4, -0.2) is 19.8 Å². The van der Waals surface area contributed by atoms with Crippen LogP contribution in [0.15, 0.2) is 18.2 Å². The van der Waals surface area contributed by atoms with Crippen LogP contribution in [0.4, 0.5) is 0 Å². The molecule has 0 radical (unpaired) electrons. The van der Waals surface area contributed by atoms with Crippen molar-refractivity contribution in [2.75, 3.05) is 19.8 Å². The van der Waals surface area contributed by atoms with Crippen molar-refractivity contribution in [2.24, 2.45) is 0 Å². The molecular formula is C11H15NO2. The van der Waals surface area contributed by atoms with Crippen LogP contribution in [0.1, 0.15) is 17.9 Å². The topological polar surface area (TPSA) is 30.5 Å². The summed E-state index contributed by atoms with van der Waals surface area (Å²) in [5.41, 5.74) is 0.995. The monoisotopic (exact) mass is 197 g/mol. The van der Waals surface area contributed by atoms with Crippen LogP contribution in [0.2, 0.25) is 0 Å².